The van der Waals surface area contributed by atoms with Gasteiger partial charge in [0.1, 0.15) is 11.6 Å². The molecule has 0 bridgehead atoms. The molecule has 0 saturated carbocycles. The number of ether oxygens (including phenoxy) is 2. The highest BCUT2D eigenvalue weighted by molar-refractivity contribution is 5.92. The van der Waals surface area contributed by atoms with E-state index >= 15 is 0 Å². The summed E-state index contributed by atoms with van der Waals surface area (Å²) < 4.78 is 37.7. The fourth-order valence-electron chi connectivity index (χ4n) is 3.77. The lowest BCUT2D eigenvalue weighted by Crippen LogP contribution is -2.54. The summed E-state index contributed by atoms with van der Waals surface area (Å²) in [7, 11) is 1.52. The number of hydrogen-bond donors (Lipinski definition) is 2. The van der Waals surface area contributed by atoms with Gasteiger partial charge >= 0.3 is 0 Å². The Labute approximate surface area is 203 Å². The lowest BCUT2D eigenvalue weighted by molar-refractivity contribution is -0.121. The second-order valence-electron chi connectivity index (χ2n) is 8.28. The average molecular weight is 496 g/mol. The van der Waals surface area contributed by atoms with Gasteiger partial charge < -0.3 is 29.7 Å². The summed E-state index contributed by atoms with van der Waals surface area (Å²) in [6, 6.07) is 3.07. The zero-order chi connectivity index (χ0) is 26.0. The Kier molecular flexibility index (Phi) is 10.3. The van der Waals surface area contributed by atoms with Gasteiger partial charge in [-0.3, -0.25) is 14.4 Å². The van der Waals surface area contributed by atoms with Crippen molar-refractivity contribution in [1.29, 1.82) is 0 Å². The summed E-state index contributed by atoms with van der Waals surface area (Å²) in [5, 5.41) is 12.8. The topological polar surface area (TPSA) is 108 Å². The predicted octanol–water partition coefficient (Wildman–Crippen LogP) is 2.04. The van der Waals surface area contributed by atoms with E-state index in [0.29, 0.717) is 32.6 Å². The van der Waals surface area contributed by atoms with E-state index in [0.717, 1.165) is 12.1 Å². The second-order valence-corrected chi connectivity index (χ2v) is 8.28. The van der Waals surface area contributed by atoms with Gasteiger partial charge in [-0.25, -0.2) is 8.78 Å². The maximum absolute atomic E-state index is 13.9. The second kappa shape index (κ2) is 13.0. The van der Waals surface area contributed by atoms with Crippen molar-refractivity contribution in [2.45, 2.75) is 32.4 Å². The minimum Gasteiger partial charge on any atom is -0.503 e. The summed E-state index contributed by atoms with van der Waals surface area (Å²) in [6.45, 7) is 4.18. The molecule has 11 heteroatoms. The largest absolute Gasteiger partial charge is 0.503 e. The van der Waals surface area contributed by atoms with Gasteiger partial charge in [0, 0.05) is 56.8 Å². The van der Waals surface area contributed by atoms with Gasteiger partial charge in [0.2, 0.25) is 12.3 Å². The molecule has 1 atom stereocenters. The van der Waals surface area contributed by atoms with Crippen LogP contribution >= 0.6 is 0 Å². The predicted molar refractivity (Wildman–Crippen MR) is 123 cm³/mol. The Morgan fingerprint density at radius 3 is 2.63 bits per heavy atom. The maximum atomic E-state index is 13.9. The van der Waals surface area contributed by atoms with Crippen molar-refractivity contribution in [3.8, 4) is 0 Å². The van der Waals surface area contributed by atoms with Crippen molar-refractivity contribution >= 4 is 18.6 Å². The number of nitrogens with zero attached hydrogens (tertiary/aromatic N) is 2. The van der Waals surface area contributed by atoms with Crippen molar-refractivity contribution in [3.05, 3.63) is 58.6 Å². The SMILES string of the molecule is COCCN(C=O)CC1(N(/C=C(\C)C(=O)NCc2ccc(F)cc2F)/C(C)=C(/O)C=O)CCOC1. The smallest absolute Gasteiger partial charge is 0.248 e. The van der Waals surface area contributed by atoms with Crippen LogP contribution in [-0.2, 0) is 30.4 Å². The minimum atomic E-state index is -0.875. The van der Waals surface area contributed by atoms with Crippen LogP contribution in [0.1, 0.15) is 25.8 Å². The molecule has 0 spiro atoms. The number of hydrogen-bond acceptors (Lipinski definition) is 7. The number of halogens is 2. The number of aldehydes is 1. The van der Waals surface area contributed by atoms with Gasteiger partial charge in [-0.15, -0.1) is 0 Å². The molecule has 1 aromatic carbocycles. The number of carbonyl (C=O) groups is 3. The molecule has 35 heavy (non-hydrogen) atoms. The standard InChI is InChI=1S/C24H31F2N3O6/c1-17(23(33)27-11-19-4-5-20(25)10-21(19)26)12-29(18(2)22(32)13-30)24(6-8-35-15-24)14-28(16-31)7-9-34-3/h4-5,10,12-13,16,32H,6-9,11,14-15H2,1-3H3,(H,27,33)/b17-12+,22-18+. The van der Waals surface area contributed by atoms with E-state index in [9.17, 15) is 28.3 Å². The zero-order valence-corrected chi connectivity index (χ0v) is 20.1. The maximum Gasteiger partial charge on any atom is 0.248 e. The van der Waals surface area contributed by atoms with Crippen LogP contribution in [0, 0.1) is 11.6 Å². The van der Waals surface area contributed by atoms with Gasteiger partial charge in [0.05, 0.1) is 24.4 Å². The molecule has 2 amide bonds. The van der Waals surface area contributed by atoms with Crippen molar-refractivity contribution in [2.24, 2.45) is 0 Å². The molecule has 192 valence electrons. The fraction of sp³-hybridized carbons (Fsp3) is 0.458. The third-order valence-corrected chi connectivity index (χ3v) is 5.80. The number of aliphatic hydroxyl groups is 1. The summed E-state index contributed by atoms with van der Waals surface area (Å²) >= 11 is 0. The first-order valence-electron chi connectivity index (χ1n) is 11.0. The lowest BCUT2D eigenvalue weighted by Gasteiger charge is -2.42. The Bertz CT molecular complexity index is 976. The van der Waals surface area contributed by atoms with Crippen LogP contribution in [0.2, 0.25) is 0 Å². The van der Waals surface area contributed by atoms with Gasteiger partial charge in [-0.05, 0) is 26.3 Å². The van der Waals surface area contributed by atoms with Crippen LogP contribution < -0.4 is 5.32 Å². The van der Waals surface area contributed by atoms with Crippen LogP contribution in [0.15, 0.2) is 41.4 Å². The van der Waals surface area contributed by atoms with Crippen molar-refractivity contribution in [3.63, 3.8) is 0 Å². The molecule has 1 aliphatic rings. The molecule has 0 aromatic heterocycles. The summed E-state index contributed by atoms with van der Waals surface area (Å²) in [6.07, 6.45) is 2.87. The highest BCUT2D eigenvalue weighted by atomic mass is 19.1. The van der Waals surface area contributed by atoms with Crippen molar-refractivity contribution in [2.75, 3.05) is 40.0 Å². The van der Waals surface area contributed by atoms with Crippen LogP contribution in [0.5, 0.6) is 0 Å². The van der Waals surface area contributed by atoms with E-state index in [-0.39, 0.29) is 42.8 Å². The van der Waals surface area contributed by atoms with Crippen LogP contribution in [0.4, 0.5) is 8.78 Å². The first-order chi connectivity index (χ1) is 16.7. The van der Waals surface area contributed by atoms with E-state index in [1.165, 1.54) is 38.1 Å². The van der Waals surface area contributed by atoms with Crippen LogP contribution in [0.25, 0.3) is 0 Å². The molecular formula is C24H31F2N3O6. The molecule has 1 saturated heterocycles. The Hall–Kier alpha value is -3.31. The lowest BCUT2D eigenvalue weighted by atomic mass is 9.94. The third-order valence-electron chi connectivity index (χ3n) is 5.80. The molecule has 9 nitrogen and oxygen atoms in total. The van der Waals surface area contributed by atoms with Gasteiger partial charge in [-0.2, -0.15) is 0 Å². The molecule has 1 fully saturated rings. The van der Waals surface area contributed by atoms with E-state index < -0.39 is 28.8 Å². The number of benzene rings is 1. The highest BCUT2D eigenvalue weighted by Gasteiger charge is 2.42. The number of aliphatic hydroxyl groups excluding tert-OH is 1. The number of nitrogens with one attached hydrogen (secondary N) is 1. The van der Waals surface area contributed by atoms with Crippen molar-refractivity contribution < 1.29 is 37.7 Å². The number of methoxy groups -OCH3 is 1. The normalized spacial score (nSPS) is 18.6. The number of rotatable bonds is 13. The Balaban J connectivity index is 2.35. The molecule has 2 rings (SSSR count). The highest BCUT2D eigenvalue weighted by Crippen LogP contribution is 2.32. The number of amides is 2. The van der Waals surface area contributed by atoms with Gasteiger partial charge in [0.25, 0.3) is 0 Å². The zero-order valence-electron chi connectivity index (χ0n) is 20.1. The Morgan fingerprint density at radius 1 is 1.31 bits per heavy atom. The monoisotopic (exact) mass is 495 g/mol. The molecule has 2 N–H and O–H groups in total. The molecular weight excluding hydrogens is 464 g/mol. The van der Waals surface area contributed by atoms with Crippen LogP contribution in [0.3, 0.4) is 0 Å². The summed E-state index contributed by atoms with van der Waals surface area (Å²) in [5.74, 6) is -2.59. The molecule has 1 heterocycles. The summed E-state index contributed by atoms with van der Waals surface area (Å²) in [4.78, 5) is 38.8. The first kappa shape index (κ1) is 27.9. The molecule has 0 radical (unpaired) electrons. The Morgan fingerprint density at radius 2 is 2.06 bits per heavy atom. The molecule has 1 aromatic rings. The van der Waals surface area contributed by atoms with Gasteiger partial charge in [0.15, 0.2) is 12.0 Å². The minimum absolute atomic E-state index is 0.111. The van der Waals surface area contributed by atoms with Gasteiger partial charge in [-0.1, -0.05) is 6.07 Å². The van der Waals surface area contributed by atoms with Crippen molar-refractivity contribution in [1.82, 2.24) is 15.1 Å². The number of allylic oxidation sites excluding steroid dienone is 2. The van der Waals surface area contributed by atoms with E-state index in [4.69, 9.17) is 9.47 Å². The van der Waals surface area contributed by atoms with E-state index in [1.807, 2.05) is 0 Å². The average Bonchev–Trinajstić information content (AvgIpc) is 3.32. The van der Waals surface area contributed by atoms with Crippen LogP contribution in [-0.4, -0.2) is 79.1 Å². The van der Waals surface area contributed by atoms with E-state index in [1.54, 1.807) is 4.90 Å². The molecule has 1 unspecified atom stereocenters. The third kappa shape index (κ3) is 7.33. The summed E-state index contributed by atoms with van der Waals surface area (Å²) in [5.41, 5.74) is -0.411. The first-order valence-corrected chi connectivity index (χ1v) is 11.0. The van der Waals surface area contributed by atoms with E-state index in [2.05, 4.69) is 5.32 Å². The molecule has 0 aliphatic carbocycles. The fourth-order valence-corrected chi connectivity index (χ4v) is 3.77. The molecule has 1 aliphatic heterocycles. The quantitative estimate of drug-likeness (QED) is 0.245. The number of carbonyl (C=O) groups excluding carboxylic acids is 3.